The molecule has 1 aliphatic rings. The monoisotopic (exact) mass is 410 g/mol. The number of rotatable bonds is 3. The highest BCUT2D eigenvalue weighted by Crippen LogP contribution is 2.30. The summed E-state index contributed by atoms with van der Waals surface area (Å²) in [6.45, 7) is 12.5. The zero-order valence-corrected chi connectivity index (χ0v) is 17.9. The average Bonchev–Trinajstić information content (AvgIpc) is 2.50. The molecule has 0 N–H and O–H groups in total. The van der Waals surface area contributed by atoms with Gasteiger partial charge in [0.2, 0.25) is 0 Å². The average molecular weight is 411 g/mol. The van der Waals surface area contributed by atoms with Crippen molar-refractivity contribution >= 4 is 22.0 Å². The van der Waals surface area contributed by atoms with Gasteiger partial charge in [0.1, 0.15) is 5.60 Å². The molecular weight excluding hydrogens is 380 g/mol. The van der Waals surface area contributed by atoms with Crippen molar-refractivity contribution in [3.05, 3.63) is 33.8 Å². The first kappa shape index (κ1) is 20.2. The normalized spacial score (nSPS) is 17.7. The Morgan fingerprint density at radius 1 is 1.32 bits per heavy atom. The van der Waals surface area contributed by atoms with Gasteiger partial charge in [-0.15, -0.1) is 0 Å². The van der Waals surface area contributed by atoms with Crippen LogP contribution >= 0.6 is 15.9 Å². The standard InChI is InChI=1S/C20H31BrN2O2/c1-15-7-8-16(13-17(15)21)14-22(6)20(5)9-11-23(12-10-20)18(24)25-19(2,3)4/h7-8,13H,9-12,14H2,1-6H3. The summed E-state index contributed by atoms with van der Waals surface area (Å²) in [5.41, 5.74) is 2.21. The molecule has 0 saturated carbocycles. The Balaban J connectivity index is 1.94. The van der Waals surface area contributed by atoms with Crippen molar-refractivity contribution in [2.45, 2.75) is 65.1 Å². The van der Waals surface area contributed by atoms with Crippen LogP contribution in [-0.4, -0.2) is 47.2 Å². The smallest absolute Gasteiger partial charge is 0.410 e. The Morgan fingerprint density at radius 2 is 1.92 bits per heavy atom. The van der Waals surface area contributed by atoms with Crippen LogP contribution in [0.25, 0.3) is 0 Å². The van der Waals surface area contributed by atoms with Gasteiger partial charge in [0.05, 0.1) is 0 Å². The highest BCUT2D eigenvalue weighted by molar-refractivity contribution is 9.10. The van der Waals surface area contributed by atoms with E-state index in [1.165, 1.54) is 11.1 Å². The minimum Gasteiger partial charge on any atom is -0.444 e. The summed E-state index contributed by atoms with van der Waals surface area (Å²) in [5.74, 6) is 0. The fourth-order valence-electron chi connectivity index (χ4n) is 3.08. The van der Waals surface area contributed by atoms with E-state index in [-0.39, 0.29) is 11.6 Å². The predicted octanol–water partition coefficient (Wildman–Crippen LogP) is 4.98. The van der Waals surface area contributed by atoms with Crippen molar-refractivity contribution in [2.24, 2.45) is 0 Å². The van der Waals surface area contributed by atoms with Crippen LogP contribution in [0.5, 0.6) is 0 Å². The second-order valence-electron chi connectivity index (χ2n) is 8.40. The summed E-state index contributed by atoms with van der Waals surface area (Å²) < 4.78 is 6.65. The maximum absolute atomic E-state index is 12.2. The summed E-state index contributed by atoms with van der Waals surface area (Å²) in [4.78, 5) is 16.5. The van der Waals surface area contributed by atoms with Gasteiger partial charge >= 0.3 is 6.09 Å². The van der Waals surface area contributed by atoms with Crippen LogP contribution in [0.4, 0.5) is 4.79 Å². The number of benzene rings is 1. The van der Waals surface area contributed by atoms with Crippen molar-refractivity contribution in [1.82, 2.24) is 9.80 Å². The largest absolute Gasteiger partial charge is 0.444 e. The molecular formula is C20H31BrN2O2. The highest BCUT2D eigenvalue weighted by Gasteiger charge is 2.36. The summed E-state index contributed by atoms with van der Waals surface area (Å²) in [7, 11) is 2.18. The molecule has 1 heterocycles. The highest BCUT2D eigenvalue weighted by atomic mass is 79.9. The van der Waals surface area contributed by atoms with E-state index in [0.717, 1.165) is 36.9 Å². The van der Waals surface area contributed by atoms with Crippen molar-refractivity contribution in [2.75, 3.05) is 20.1 Å². The van der Waals surface area contributed by atoms with Gasteiger partial charge in [-0.1, -0.05) is 28.1 Å². The Kier molecular flexibility index (Phi) is 6.21. The first-order valence-electron chi connectivity index (χ1n) is 8.94. The van der Waals surface area contributed by atoms with Crippen LogP contribution < -0.4 is 0 Å². The Hall–Kier alpha value is -1.07. The number of carbonyl (C=O) groups is 1. The SMILES string of the molecule is Cc1ccc(CN(C)C2(C)CCN(C(=O)OC(C)(C)C)CC2)cc1Br. The van der Waals surface area contributed by atoms with Crippen molar-refractivity contribution < 1.29 is 9.53 Å². The Morgan fingerprint density at radius 3 is 2.44 bits per heavy atom. The van der Waals surface area contributed by atoms with Gasteiger partial charge in [-0.05, 0) is 71.7 Å². The van der Waals surface area contributed by atoms with Crippen LogP contribution in [-0.2, 0) is 11.3 Å². The molecule has 0 atom stereocenters. The van der Waals surface area contributed by atoms with Crippen LogP contribution in [0.2, 0.25) is 0 Å². The van der Waals surface area contributed by atoms with Crippen LogP contribution in [0.15, 0.2) is 22.7 Å². The number of amides is 1. The molecule has 0 bridgehead atoms. The third-order valence-electron chi connectivity index (χ3n) is 5.07. The molecule has 140 valence electrons. The first-order valence-corrected chi connectivity index (χ1v) is 9.74. The number of piperidine rings is 1. The summed E-state index contributed by atoms with van der Waals surface area (Å²) in [6.07, 6.45) is 1.71. The van der Waals surface area contributed by atoms with E-state index in [4.69, 9.17) is 4.74 Å². The number of nitrogens with zero attached hydrogens (tertiary/aromatic N) is 2. The van der Waals surface area contributed by atoms with Crippen molar-refractivity contribution in [3.63, 3.8) is 0 Å². The Labute approximate surface area is 160 Å². The lowest BCUT2D eigenvalue weighted by atomic mass is 9.88. The number of hydrogen-bond donors (Lipinski definition) is 0. The zero-order chi connectivity index (χ0) is 18.8. The Bertz CT molecular complexity index is 617. The molecule has 0 unspecified atom stereocenters. The molecule has 1 aliphatic heterocycles. The summed E-state index contributed by atoms with van der Waals surface area (Å²) in [5, 5.41) is 0. The number of halogens is 1. The molecule has 1 aromatic rings. The number of carbonyl (C=O) groups excluding carboxylic acids is 1. The van der Waals surface area contributed by atoms with Gasteiger partial charge < -0.3 is 9.64 Å². The number of hydrogen-bond acceptors (Lipinski definition) is 3. The molecule has 0 spiro atoms. The lowest BCUT2D eigenvalue weighted by molar-refractivity contribution is 0.00172. The molecule has 5 heteroatoms. The number of ether oxygens (including phenoxy) is 1. The molecule has 1 fully saturated rings. The second-order valence-corrected chi connectivity index (χ2v) is 9.26. The van der Waals surface area contributed by atoms with Crippen LogP contribution in [0, 0.1) is 6.92 Å². The van der Waals surface area contributed by atoms with Gasteiger partial charge in [-0.2, -0.15) is 0 Å². The van der Waals surface area contributed by atoms with Crippen molar-refractivity contribution in [1.29, 1.82) is 0 Å². The quantitative estimate of drug-likeness (QED) is 0.704. The maximum atomic E-state index is 12.2. The number of aryl methyl sites for hydroxylation is 1. The van der Waals surface area contributed by atoms with Crippen LogP contribution in [0.1, 0.15) is 51.7 Å². The van der Waals surface area contributed by atoms with Gasteiger partial charge in [0, 0.05) is 29.6 Å². The molecule has 1 saturated heterocycles. The maximum Gasteiger partial charge on any atom is 0.410 e. The van der Waals surface area contributed by atoms with Gasteiger partial charge in [0.25, 0.3) is 0 Å². The molecule has 0 aliphatic carbocycles. The molecule has 4 nitrogen and oxygen atoms in total. The van der Waals surface area contributed by atoms with E-state index in [0.29, 0.717) is 0 Å². The molecule has 2 rings (SSSR count). The lowest BCUT2D eigenvalue weighted by Gasteiger charge is -2.45. The summed E-state index contributed by atoms with van der Waals surface area (Å²) >= 11 is 3.62. The van der Waals surface area contributed by atoms with E-state index in [1.807, 2.05) is 25.7 Å². The minimum atomic E-state index is -0.437. The third kappa shape index (κ3) is 5.45. The third-order valence-corrected chi connectivity index (χ3v) is 5.92. The molecule has 25 heavy (non-hydrogen) atoms. The molecule has 0 radical (unpaired) electrons. The van der Waals surface area contributed by atoms with E-state index in [9.17, 15) is 4.79 Å². The predicted molar refractivity (Wildman–Crippen MR) is 106 cm³/mol. The van der Waals surface area contributed by atoms with Gasteiger partial charge in [-0.3, -0.25) is 4.90 Å². The van der Waals surface area contributed by atoms with E-state index in [1.54, 1.807) is 0 Å². The van der Waals surface area contributed by atoms with Crippen LogP contribution in [0.3, 0.4) is 0 Å². The fraction of sp³-hybridized carbons (Fsp3) is 0.650. The topological polar surface area (TPSA) is 32.8 Å². The second kappa shape index (κ2) is 7.67. The van der Waals surface area contributed by atoms with E-state index in [2.05, 4.69) is 59.9 Å². The van der Waals surface area contributed by atoms with Gasteiger partial charge in [0.15, 0.2) is 0 Å². The number of likely N-dealkylation sites (tertiary alicyclic amines) is 1. The molecule has 1 amide bonds. The first-order chi connectivity index (χ1) is 11.5. The zero-order valence-electron chi connectivity index (χ0n) is 16.4. The van der Waals surface area contributed by atoms with E-state index < -0.39 is 5.60 Å². The van der Waals surface area contributed by atoms with Crippen molar-refractivity contribution in [3.8, 4) is 0 Å². The lowest BCUT2D eigenvalue weighted by Crippen LogP contribution is -2.53. The summed E-state index contributed by atoms with van der Waals surface area (Å²) in [6, 6.07) is 6.54. The minimum absolute atomic E-state index is 0.0931. The van der Waals surface area contributed by atoms with Gasteiger partial charge in [-0.25, -0.2) is 4.79 Å². The van der Waals surface area contributed by atoms with E-state index >= 15 is 0 Å². The fourth-order valence-corrected chi connectivity index (χ4v) is 3.50. The molecule has 0 aromatic heterocycles. The molecule has 1 aromatic carbocycles.